The highest BCUT2D eigenvalue weighted by atomic mass is 32.2. The van der Waals surface area contributed by atoms with Crippen molar-refractivity contribution in [3.8, 4) is 5.88 Å². The summed E-state index contributed by atoms with van der Waals surface area (Å²) in [5, 5.41) is 0. The molecule has 0 fully saturated rings. The molecule has 1 atom stereocenters. The molecule has 9 heteroatoms. The number of amides is 1. The van der Waals surface area contributed by atoms with Crippen molar-refractivity contribution in [2.75, 3.05) is 17.8 Å². The van der Waals surface area contributed by atoms with Crippen molar-refractivity contribution < 1.29 is 17.9 Å². The van der Waals surface area contributed by atoms with E-state index in [-0.39, 0.29) is 29.1 Å². The van der Waals surface area contributed by atoms with Crippen molar-refractivity contribution in [2.24, 2.45) is 5.73 Å². The maximum Gasteiger partial charge on any atom is 0.267 e. The summed E-state index contributed by atoms with van der Waals surface area (Å²) in [5.41, 5.74) is 5.85. The van der Waals surface area contributed by atoms with Gasteiger partial charge in [0, 0.05) is 12.5 Å². The number of carbonyl (C=O) groups excluding carboxylic acids is 1. The van der Waals surface area contributed by atoms with Crippen LogP contribution in [0.2, 0.25) is 0 Å². The number of carbonyl (C=O) groups is 1. The minimum Gasteiger partial charge on any atom is -0.474 e. The Kier molecular flexibility index (Phi) is 3.88. The molecule has 2 aromatic heterocycles. The highest BCUT2D eigenvalue weighted by Gasteiger charge is 2.31. The van der Waals surface area contributed by atoms with Gasteiger partial charge in [0.15, 0.2) is 15.7 Å². The quantitative estimate of drug-likeness (QED) is 0.876. The molecule has 1 amide bonds. The first-order valence-electron chi connectivity index (χ1n) is 7.17. The molecule has 24 heavy (non-hydrogen) atoms. The number of hydrogen-bond acceptors (Lipinski definition) is 7. The van der Waals surface area contributed by atoms with Crippen molar-refractivity contribution in [3.63, 3.8) is 0 Å². The zero-order chi connectivity index (χ0) is 17.5. The fourth-order valence-electron chi connectivity index (χ4n) is 2.55. The van der Waals surface area contributed by atoms with Crippen molar-refractivity contribution in [1.82, 2.24) is 9.97 Å². The van der Waals surface area contributed by atoms with Crippen LogP contribution in [-0.4, -0.2) is 43.2 Å². The van der Waals surface area contributed by atoms with E-state index in [4.69, 9.17) is 10.5 Å². The van der Waals surface area contributed by atoms with E-state index in [0.29, 0.717) is 11.5 Å². The van der Waals surface area contributed by atoms with Gasteiger partial charge in [0.2, 0.25) is 5.88 Å². The minimum absolute atomic E-state index is 0.0765. The number of sulfone groups is 1. The summed E-state index contributed by atoms with van der Waals surface area (Å²) in [6, 6.07) is 6.00. The summed E-state index contributed by atoms with van der Waals surface area (Å²) < 4.78 is 29.7. The molecule has 1 aliphatic heterocycles. The largest absolute Gasteiger partial charge is 0.474 e. The summed E-state index contributed by atoms with van der Waals surface area (Å²) in [7, 11) is -3.47. The van der Waals surface area contributed by atoms with Gasteiger partial charge in [0.1, 0.15) is 22.9 Å². The maximum absolute atomic E-state index is 12.1. The smallest absolute Gasteiger partial charge is 0.267 e. The minimum atomic E-state index is -3.47. The van der Waals surface area contributed by atoms with Gasteiger partial charge < -0.3 is 15.4 Å². The first-order valence-corrected chi connectivity index (χ1v) is 9.06. The number of rotatable bonds is 3. The van der Waals surface area contributed by atoms with Crippen LogP contribution in [-0.2, 0) is 9.84 Å². The molecule has 0 spiro atoms. The molecule has 2 N–H and O–H groups in total. The van der Waals surface area contributed by atoms with Crippen LogP contribution in [0, 0.1) is 0 Å². The van der Waals surface area contributed by atoms with Crippen LogP contribution in [0.15, 0.2) is 35.4 Å². The van der Waals surface area contributed by atoms with Crippen LogP contribution in [0.1, 0.15) is 17.4 Å². The Bertz CT molecular complexity index is 913. The number of nitrogens with zero attached hydrogens (tertiary/aromatic N) is 3. The molecule has 0 saturated heterocycles. The molecule has 1 unspecified atom stereocenters. The van der Waals surface area contributed by atoms with Crippen LogP contribution >= 0.6 is 0 Å². The van der Waals surface area contributed by atoms with Crippen LogP contribution in [0.3, 0.4) is 0 Å². The Labute approximate surface area is 139 Å². The Balaban J connectivity index is 2.19. The Morgan fingerprint density at radius 1 is 1.38 bits per heavy atom. The van der Waals surface area contributed by atoms with Gasteiger partial charge in [-0.05, 0) is 31.2 Å². The standard InChI is InChI=1S/C15H16N4O4S/c1-9-8-23-15-11(6-5-10(18-15)13(16)20)19(9)14-12(24(2,21)22)4-3-7-17-14/h3-7,9H,8H2,1-2H3,(H2,16,20). The lowest BCUT2D eigenvalue weighted by atomic mass is 10.2. The number of anilines is 2. The van der Waals surface area contributed by atoms with Crippen LogP contribution in [0.25, 0.3) is 0 Å². The van der Waals surface area contributed by atoms with E-state index in [1.807, 2.05) is 6.92 Å². The van der Waals surface area contributed by atoms with Gasteiger partial charge >= 0.3 is 0 Å². The second-order valence-corrected chi connectivity index (χ2v) is 7.50. The number of aromatic nitrogens is 2. The number of hydrogen-bond donors (Lipinski definition) is 1. The second kappa shape index (κ2) is 5.75. The summed E-state index contributed by atoms with van der Waals surface area (Å²) in [5.74, 6) is -0.151. The average Bonchev–Trinajstić information content (AvgIpc) is 2.53. The molecule has 2 aromatic rings. The third-order valence-corrected chi connectivity index (χ3v) is 4.75. The van der Waals surface area contributed by atoms with E-state index in [2.05, 4.69) is 9.97 Å². The fourth-order valence-corrected chi connectivity index (χ4v) is 3.36. The highest BCUT2D eigenvalue weighted by Crippen LogP contribution is 2.39. The van der Waals surface area contributed by atoms with Gasteiger partial charge in [-0.1, -0.05) is 0 Å². The Morgan fingerprint density at radius 3 is 2.79 bits per heavy atom. The number of ether oxygens (including phenoxy) is 1. The lowest BCUT2D eigenvalue weighted by Crippen LogP contribution is -2.39. The predicted molar refractivity (Wildman–Crippen MR) is 87.2 cm³/mol. The molecular formula is C15H16N4O4S. The van der Waals surface area contributed by atoms with E-state index >= 15 is 0 Å². The van der Waals surface area contributed by atoms with Gasteiger partial charge in [0.25, 0.3) is 5.91 Å². The van der Waals surface area contributed by atoms with Crippen molar-refractivity contribution >= 4 is 27.2 Å². The van der Waals surface area contributed by atoms with Crippen LogP contribution in [0.5, 0.6) is 5.88 Å². The summed E-state index contributed by atoms with van der Waals surface area (Å²) in [6.45, 7) is 2.15. The Hall–Kier alpha value is -2.68. The van der Waals surface area contributed by atoms with E-state index in [9.17, 15) is 13.2 Å². The lowest BCUT2D eigenvalue weighted by Gasteiger charge is -2.35. The molecule has 3 rings (SSSR count). The van der Waals surface area contributed by atoms with Gasteiger partial charge in [-0.3, -0.25) is 4.79 Å². The topological polar surface area (TPSA) is 115 Å². The van der Waals surface area contributed by atoms with Gasteiger partial charge in [0.05, 0.1) is 6.04 Å². The normalized spacial score (nSPS) is 17.1. The maximum atomic E-state index is 12.1. The zero-order valence-corrected chi connectivity index (χ0v) is 13.9. The van der Waals surface area contributed by atoms with Gasteiger partial charge in [-0.15, -0.1) is 0 Å². The monoisotopic (exact) mass is 348 g/mol. The molecule has 0 bridgehead atoms. The molecule has 1 aliphatic rings. The van der Waals surface area contributed by atoms with E-state index < -0.39 is 15.7 Å². The number of pyridine rings is 2. The fraction of sp³-hybridized carbons (Fsp3) is 0.267. The second-order valence-electron chi connectivity index (χ2n) is 5.51. The molecular weight excluding hydrogens is 332 g/mol. The summed E-state index contributed by atoms with van der Waals surface area (Å²) in [6.07, 6.45) is 2.66. The Morgan fingerprint density at radius 2 is 2.12 bits per heavy atom. The molecule has 0 saturated carbocycles. The predicted octanol–water partition coefficient (Wildman–Crippen LogP) is 0.898. The first-order chi connectivity index (χ1) is 11.3. The van der Waals surface area contributed by atoms with Crippen LogP contribution < -0.4 is 15.4 Å². The molecule has 3 heterocycles. The van der Waals surface area contributed by atoms with E-state index in [0.717, 1.165) is 6.26 Å². The van der Waals surface area contributed by atoms with Crippen molar-refractivity contribution in [1.29, 1.82) is 0 Å². The average molecular weight is 348 g/mol. The van der Waals surface area contributed by atoms with Crippen LogP contribution in [0.4, 0.5) is 11.5 Å². The SMILES string of the molecule is CC1COc2nc(C(N)=O)ccc2N1c1ncccc1S(C)(=O)=O. The highest BCUT2D eigenvalue weighted by molar-refractivity contribution is 7.90. The van der Waals surface area contributed by atoms with Gasteiger partial charge in [-0.25, -0.2) is 18.4 Å². The molecule has 0 aliphatic carbocycles. The van der Waals surface area contributed by atoms with Crippen molar-refractivity contribution in [2.45, 2.75) is 17.9 Å². The molecule has 0 aromatic carbocycles. The van der Waals surface area contributed by atoms with Crippen molar-refractivity contribution in [3.05, 3.63) is 36.2 Å². The summed E-state index contributed by atoms with van der Waals surface area (Å²) in [4.78, 5) is 21.5. The molecule has 8 nitrogen and oxygen atoms in total. The number of fused-ring (bicyclic) bond motifs is 1. The number of nitrogens with two attached hydrogens (primary N) is 1. The summed E-state index contributed by atoms with van der Waals surface area (Å²) >= 11 is 0. The first kappa shape index (κ1) is 16.2. The third-order valence-electron chi connectivity index (χ3n) is 3.63. The molecule has 126 valence electrons. The van der Waals surface area contributed by atoms with E-state index in [1.165, 1.54) is 18.3 Å². The molecule has 0 radical (unpaired) electrons. The lowest BCUT2D eigenvalue weighted by molar-refractivity contribution is 0.0994. The third kappa shape index (κ3) is 2.78. The number of primary amides is 1. The van der Waals surface area contributed by atoms with Gasteiger partial charge in [-0.2, -0.15) is 0 Å². The zero-order valence-electron chi connectivity index (χ0n) is 13.1. The van der Waals surface area contributed by atoms with E-state index in [1.54, 1.807) is 17.0 Å².